The van der Waals surface area contributed by atoms with Gasteiger partial charge in [-0.05, 0) is 63.6 Å². The number of carbonyl (C=O) groups excluding carboxylic acids is 1. The Bertz CT molecular complexity index is 1200. The monoisotopic (exact) mass is 414 g/mol. The first kappa shape index (κ1) is 20.6. The smallest absolute Gasteiger partial charge is 0.228 e. The Morgan fingerprint density at radius 1 is 1.00 bits per heavy atom. The number of oxazole rings is 1. The van der Waals surface area contributed by atoms with E-state index in [1.165, 1.54) is 5.56 Å². The summed E-state index contributed by atoms with van der Waals surface area (Å²) in [6.07, 6.45) is 0.344. The van der Waals surface area contributed by atoms with Crippen LogP contribution in [0.4, 0.5) is 5.69 Å². The quantitative estimate of drug-likeness (QED) is 0.482. The molecule has 2 heterocycles. The molecular formula is C25H26N4O2. The van der Waals surface area contributed by atoms with Gasteiger partial charge in [0.1, 0.15) is 11.5 Å². The minimum absolute atomic E-state index is 0.0456. The molecule has 0 fully saturated rings. The van der Waals surface area contributed by atoms with E-state index in [-0.39, 0.29) is 5.91 Å². The van der Waals surface area contributed by atoms with E-state index in [0.717, 1.165) is 39.7 Å². The number of aryl methyl sites for hydroxylation is 4. The third-order valence-corrected chi connectivity index (χ3v) is 5.20. The van der Waals surface area contributed by atoms with E-state index < -0.39 is 0 Å². The zero-order valence-electron chi connectivity index (χ0n) is 18.3. The first-order chi connectivity index (χ1) is 14.9. The van der Waals surface area contributed by atoms with E-state index in [0.29, 0.717) is 18.9 Å². The molecule has 4 rings (SSSR count). The summed E-state index contributed by atoms with van der Waals surface area (Å²) in [5, 5.41) is 7.44. The standard InChI is InChI=1S/C25H26N4O2/c1-16-5-7-20(8-6-16)14-24(30)26-22-11-9-21(10-12-22)25-27-23(19(4)31-25)15-29-18(3)13-17(2)28-29/h5-13H,14-15H2,1-4H3,(H,26,30). The van der Waals surface area contributed by atoms with Gasteiger partial charge in [-0.2, -0.15) is 5.10 Å². The van der Waals surface area contributed by atoms with Crippen LogP contribution < -0.4 is 5.32 Å². The summed E-state index contributed by atoms with van der Waals surface area (Å²) in [4.78, 5) is 17.0. The van der Waals surface area contributed by atoms with Crippen LogP contribution in [0, 0.1) is 27.7 Å². The largest absolute Gasteiger partial charge is 0.441 e. The lowest BCUT2D eigenvalue weighted by atomic mass is 10.1. The number of amides is 1. The predicted molar refractivity (Wildman–Crippen MR) is 121 cm³/mol. The molecular weight excluding hydrogens is 388 g/mol. The second kappa shape index (κ2) is 8.60. The summed E-state index contributed by atoms with van der Waals surface area (Å²) in [6.45, 7) is 8.52. The highest BCUT2D eigenvalue weighted by Gasteiger charge is 2.14. The van der Waals surface area contributed by atoms with Gasteiger partial charge in [0.2, 0.25) is 11.8 Å². The van der Waals surface area contributed by atoms with Crippen molar-refractivity contribution in [1.29, 1.82) is 0 Å². The molecule has 4 aromatic rings. The van der Waals surface area contributed by atoms with E-state index in [1.807, 2.05) is 87.0 Å². The molecule has 158 valence electrons. The molecule has 0 saturated heterocycles. The number of rotatable bonds is 6. The van der Waals surface area contributed by atoms with Crippen LogP contribution in [0.2, 0.25) is 0 Å². The molecule has 0 aliphatic rings. The third-order valence-electron chi connectivity index (χ3n) is 5.20. The van der Waals surface area contributed by atoms with Crippen molar-refractivity contribution in [3.05, 3.63) is 88.6 Å². The maximum absolute atomic E-state index is 12.3. The van der Waals surface area contributed by atoms with Gasteiger partial charge in [-0.25, -0.2) is 4.98 Å². The van der Waals surface area contributed by atoms with E-state index in [4.69, 9.17) is 4.42 Å². The van der Waals surface area contributed by atoms with Crippen LogP contribution in [0.1, 0.15) is 34.0 Å². The highest BCUT2D eigenvalue weighted by Crippen LogP contribution is 2.24. The summed E-state index contributed by atoms with van der Waals surface area (Å²) in [5.74, 6) is 1.29. The van der Waals surface area contributed by atoms with Gasteiger partial charge in [0.15, 0.2) is 0 Å². The molecule has 0 bridgehead atoms. The van der Waals surface area contributed by atoms with Crippen molar-refractivity contribution in [2.75, 3.05) is 5.32 Å². The first-order valence-electron chi connectivity index (χ1n) is 10.3. The minimum atomic E-state index is -0.0456. The molecule has 6 nitrogen and oxygen atoms in total. The molecule has 0 aliphatic heterocycles. The fraction of sp³-hybridized carbons (Fsp3) is 0.240. The molecule has 0 unspecified atom stereocenters. The van der Waals surface area contributed by atoms with Crippen molar-refractivity contribution < 1.29 is 9.21 Å². The van der Waals surface area contributed by atoms with Crippen LogP contribution in [0.5, 0.6) is 0 Å². The zero-order valence-corrected chi connectivity index (χ0v) is 18.3. The van der Waals surface area contributed by atoms with E-state index >= 15 is 0 Å². The number of anilines is 1. The van der Waals surface area contributed by atoms with Crippen molar-refractivity contribution in [2.24, 2.45) is 0 Å². The van der Waals surface area contributed by atoms with Crippen LogP contribution in [-0.2, 0) is 17.8 Å². The van der Waals surface area contributed by atoms with Gasteiger partial charge >= 0.3 is 0 Å². The number of hydrogen-bond donors (Lipinski definition) is 1. The summed E-state index contributed by atoms with van der Waals surface area (Å²) >= 11 is 0. The second-order valence-electron chi connectivity index (χ2n) is 7.89. The van der Waals surface area contributed by atoms with E-state index in [2.05, 4.69) is 15.4 Å². The van der Waals surface area contributed by atoms with Crippen LogP contribution in [0.15, 0.2) is 59.0 Å². The molecule has 1 N–H and O–H groups in total. The molecule has 2 aromatic carbocycles. The van der Waals surface area contributed by atoms with Gasteiger partial charge in [-0.15, -0.1) is 0 Å². The fourth-order valence-electron chi connectivity index (χ4n) is 3.47. The molecule has 0 radical (unpaired) electrons. The highest BCUT2D eigenvalue weighted by atomic mass is 16.4. The Kier molecular flexibility index (Phi) is 5.71. The Morgan fingerprint density at radius 3 is 2.35 bits per heavy atom. The molecule has 6 heteroatoms. The average molecular weight is 415 g/mol. The Hall–Kier alpha value is -3.67. The second-order valence-corrected chi connectivity index (χ2v) is 7.89. The lowest BCUT2D eigenvalue weighted by Crippen LogP contribution is -2.14. The first-order valence-corrected chi connectivity index (χ1v) is 10.3. The van der Waals surface area contributed by atoms with Gasteiger partial charge in [-0.3, -0.25) is 9.48 Å². The van der Waals surface area contributed by atoms with Crippen LogP contribution in [-0.4, -0.2) is 20.7 Å². The van der Waals surface area contributed by atoms with E-state index in [1.54, 1.807) is 0 Å². The van der Waals surface area contributed by atoms with Gasteiger partial charge in [-0.1, -0.05) is 29.8 Å². The van der Waals surface area contributed by atoms with Crippen molar-refractivity contribution in [1.82, 2.24) is 14.8 Å². The van der Waals surface area contributed by atoms with Gasteiger partial charge in [0.05, 0.1) is 18.7 Å². The zero-order chi connectivity index (χ0) is 22.0. The predicted octanol–water partition coefficient (Wildman–Crippen LogP) is 5.00. The van der Waals surface area contributed by atoms with Crippen molar-refractivity contribution >= 4 is 11.6 Å². The molecule has 1 amide bonds. The third kappa shape index (κ3) is 4.91. The minimum Gasteiger partial charge on any atom is -0.441 e. The Balaban J connectivity index is 1.42. The average Bonchev–Trinajstić information content (AvgIpc) is 3.25. The topological polar surface area (TPSA) is 73.0 Å². The van der Waals surface area contributed by atoms with Crippen LogP contribution in [0.3, 0.4) is 0 Å². The Morgan fingerprint density at radius 2 is 1.71 bits per heavy atom. The SMILES string of the molecule is Cc1ccc(CC(=O)Nc2ccc(-c3nc(Cn4nc(C)cc4C)c(C)o3)cc2)cc1. The van der Waals surface area contributed by atoms with Crippen molar-refractivity contribution in [3.63, 3.8) is 0 Å². The summed E-state index contributed by atoms with van der Waals surface area (Å²) < 4.78 is 7.82. The lowest BCUT2D eigenvalue weighted by Gasteiger charge is -2.06. The van der Waals surface area contributed by atoms with E-state index in [9.17, 15) is 4.79 Å². The maximum atomic E-state index is 12.3. The molecule has 0 saturated carbocycles. The van der Waals surface area contributed by atoms with Crippen molar-refractivity contribution in [3.8, 4) is 11.5 Å². The molecule has 0 atom stereocenters. The number of carbonyl (C=O) groups is 1. The number of hydrogen-bond acceptors (Lipinski definition) is 4. The van der Waals surface area contributed by atoms with Crippen LogP contribution >= 0.6 is 0 Å². The van der Waals surface area contributed by atoms with Crippen LogP contribution in [0.25, 0.3) is 11.5 Å². The molecule has 31 heavy (non-hydrogen) atoms. The maximum Gasteiger partial charge on any atom is 0.228 e. The highest BCUT2D eigenvalue weighted by molar-refractivity contribution is 5.92. The molecule has 0 spiro atoms. The molecule has 0 aliphatic carbocycles. The normalized spacial score (nSPS) is 11.0. The number of nitrogens with one attached hydrogen (secondary N) is 1. The summed E-state index contributed by atoms with van der Waals surface area (Å²) in [7, 11) is 0. The fourth-order valence-corrected chi connectivity index (χ4v) is 3.47. The molecule has 2 aromatic heterocycles. The number of benzene rings is 2. The lowest BCUT2D eigenvalue weighted by molar-refractivity contribution is -0.115. The van der Waals surface area contributed by atoms with Gasteiger partial charge < -0.3 is 9.73 Å². The number of nitrogens with zero attached hydrogens (tertiary/aromatic N) is 3. The van der Waals surface area contributed by atoms with Crippen molar-refractivity contribution in [2.45, 2.75) is 40.7 Å². The number of aromatic nitrogens is 3. The Labute approximate surface area is 181 Å². The summed E-state index contributed by atoms with van der Waals surface area (Å²) in [5.41, 5.74) is 6.71. The van der Waals surface area contributed by atoms with Gasteiger partial charge in [0.25, 0.3) is 0 Å². The summed E-state index contributed by atoms with van der Waals surface area (Å²) in [6, 6.07) is 17.6. The van der Waals surface area contributed by atoms with Gasteiger partial charge in [0, 0.05) is 16.9 Å².